The number of allylic oxidation sites excluding steroid dienone is 8. The highest BCUT2D eigenvalue weighted by atomic mass is 15.4. The topological polar surface area (TPSA) is 36.1 Å². The van der Waals surface area contributed by atoms with Crippen LogP contribution in [-0.2, 0) is 0 Å². The molecular formula is C52H45N5. The molecule has 2 aliphatic carbocycles. The zero-order valence-electron chi connectivity index (χ0n) is 32.7. The maximum absolute atomic E-state index is 5.43. The van der Waals surface area contributed by atoms with E-state index in [-0.39, 0.29) is 12.3 Å². The number of hydrogen-bond donors (Lipinski definition) is 0. The summed E-state index contributed by atoms with van der Waals surface area (Å²) >= 11 is 0. The summed E-state index contributed by atoms with van der Waals surface area (Å²) in [5, 5.41) is 2.44. The molecule has 3 heterocycles. The van der Waals surface area contributed by atoms with Crippen molar-refractivity contribution in [1.82, 2.24) is 9.47 Å². The van der Waals surface area contributed by atoms with E-state index in [1.165, 1.54) is 55.6 Å². The number of para-hydroxylation sites is 2. The van der Waals surface area contributed by atoms with E-state index in [9.17, 15) is 0 Å². The van der Waals surface area contributed by atoms with Gasteiger partial charge < -0.3 is 14.4 Å². The second-order valence-corrected chi connectivity index (χ2v) is 15.3. The largest absolute Gasteiger partial charge is 0.337 e. The molecule has 2 aliphatic heterocycles. The minimum Gasteiger partial charge on any atom is -0.337 e. The van der Waals surface area contributed by atoms with Gasteiger partial charge in [-0.2, -0.15) is 0 Å². The lowest BCUT2D eigenvalue weighted by Crippen LogP contribution is -2.38. The molecule has 0 N–H and O–H groups in total. The van der Waals surface area contributed by atoms with Crippen molar-refractivity contribution in [1.29, 1.82) is 0 Å². The van der Waals surface area contributed by atoms with Crippen LogP contribution in [0.15, 0.2) is 191 Å². The molecule has 0 spiro atoms. The van der Waals surface area contributed by atoms with Gasteiger partial charge >= 0.3 is 0 Å². The van der Waals surface area contributed by atoms with E-state index in [4.69, 9.17) is 9.98 Å². The zero-order chi connectivity index (χ0) is 38.5. The molecule has 278 valence electrons. The third kappa shape index (κ3) is 6.02. The van der Waals surface area contributed by atoms with Crippen molar-refractivity contribution >= 4 is 55.9 Å². The predicted octanol–water partition coefficient (Wildman–Crippen LogP) is 12.4. The Kier molecular flexibility index (Phi) is 8.79. The second-order valence-electron chi connectivity index (χ2n) is 15.3. The van der Waals surface area contributed by atoms with Crippen LogP contribution in [0.25, 0.3) is 38.5 Å². The van der Waals surface area contributed by atoms with Gasteiger partial charge in [-0.15, -0.1) is 0 Å². The van der Waals surface area contributed by atoms with Crippen molar-refractivity contribution < 1.29 is 0 Å². The number of anilines is 1. The summed E-state index contributed by atoms with van der Waals surface area (Å²) < 4.78 is 2.42. The molecule has 0 bridgehead atoms. The van der Waals surface area contributed by atoms with Gasteiger partial charge in [-0.3, -0.25) is 0 Å². The maximum Gasteiger partial charge on any atom is 0.206 e. The average molecular weight is 740 g/mol. The Hall–Kier alpha value is -6.72. The molecule has 5 nitrogen and oxygen atoms in total. The Balaban J connectivity index is 1.07. The summed E-state index contributed by atoms with van der Waals surface area (Å²) in [7, 11) is 2.13. The highest BCUT2D eigenvalue weighted by Gasteiger charge is 2.36. The summed E-state index contributed by atoms with van der Waals surface area (Å²) in [5.41, 5.74) is 14.6. The Bertz CT molecular complexity index is 2810. The molecule has 6 aromatic rings. The standard InChI is InChI=1S/C52H45N5/c1-4-36(37-18-8-5-9-19-37)32-35(2)56-46-26-16-15-25-43(46)45-33-40(29-31-48(45)56)41-28-30-44-42-24-14-17-27-47(42)57(49(44)34-41)52-54-50(38-20-10-6-11-21-38)53-51(55(52)3)39-22-12-7-13-23-39/h4-6,8-12,14-30,32-34,48,52H,7,13,31H2,1-3H3/b35-32+,36-4+. The van der Waals surface area contributed by atoms with E-state index in [2.05, 4.69) is 199 Å². The monoisotopic (exact) mass is 739 g/mol. The highest BCUT2D eigenvalue weighted by Crippen LogP contribution is 2.48. The molecule has 4 aliphatic rings. The third-order valence-electron chi connectivity index (χ3n) is 11.9. The molecule has 5 aromatic carbocycles. The van der Waals surface area contributed by atoms with Crippen molar-refractivity contribution in [3.63, 3.8) is 0 Å². The molecular weight excluding hydrogens is 695 g/mol. The minimum absolute atomic E-state index is 0.231. The van der Waals surface area contributed by atoms with Crippen molar-refractivity contribution in [3.05, 3.63) is 203 Å². The molecule has 5 heteroatoms. The van der Waals surface area contributed by atoms with E-state index in [0.717, 1.165) is 53.1 Å². The number of rotatable bonds is 7. The normalized spacial score (nSPS) is 19.5. The highest BCUT2D eigenvalue weighted by molar-refractivity contribution is 6.14. The Morgan fingerprint density at radius 2 is 1.49 bits per heavy atom. The maximum atomic E-state index is 5.43. The van der Waals surface area contributed by atoms with Gasteiger partial charge in [0.1, 0.15) is 5.84 Å². The van der Waals surface area contributed by atoms with Crippen LogP contribution < -0.4 is 4.90 Å². The third-order valence-corrected chi connectivity index (χ3v) is 11.9. The Morgan fingerprint density at radius 1 is 0.737 bits per heavy atom. The minimum atomic E-state index is -0.340. The number of hydrogen-bond acceptors (Lipinski definition) is 4. The first kappa shape index (κ1) is 34.7. The lowest BCUT2D eigenvalue weighted by atomic mass is 9.89. The number of nitrogens with zero attached hydrogens (tertiary/aromatic N) is 5. The number of benzene rings is 5. The van der Waals surface area contributed by atoms with Crippen molar-refractivity contribution in [2.24, 2.45) is 9.98 Å². The zero-order valence-corrected chi connectivity index (χ0v) is 32.7. The summed E-state index contributed by atoms with van der Waals surface area (Å²) in [4.78, 5) is 15.4. The van der Waals surface area contributed by atoms with Crippen LogP contribution in [0.4, 0.5) is 5.69 Å². The molecule has 10 rings (SSSR count). The van der Waals surface area contributed by atoms with Crippen LogP contribution in [-0.4, -0.2) is 34.2 Å². The molecule has 2 atom stereocenters. The SMILES string of the molecule is C/C=C(\C=C(/C)N1c2ccccc2C2=CC(c3ccc4c5ccccc5n(C5N=C(c6ccccc6)N=C(C6=CCCC=C6)N5C)c4c3)=CCC21)c1ccccc1. The lowest BCUT2D eigenvalue weighted by molar-refractivity contribution is 0.297. The van der Waals surface area contributed by atoms with Gasteiger partial charge in [0.2, 0.25) is 6.29 Å². The first-order chi connectivity index (χ1) is 28.1. The summed E-state index contributed by atoms with van der Waals surface area (Å²) in [6.07, 6.45) is 18.8. The van der Waals surface area contributed by atoms with E-state index in [0.29, 0.717) is 0 Å². The summed E-state index contributed by atoms with van der Waals surface area (Å²) in [6, 6.07) is 45.9. The number of aromatic nitrogens is 1. The number of likely N-dealkylation sites (N-methyl/N-ethyl adjacent to an activating group) is 1. The van der Waals surface area contributed by atoms with Gasteiger partial charge in [0.25, 0.3) is 0 Å². The van der Waals surface area contributed by atoms with Crippen molar-refractivity contribution in [3.8, 4) is 0 Å². The van der Waals surface area contributed by atoms with Crippen LogP contribution in [0.3, 0.4) is 0 Å². The molecule has 1 aromatic heterocycles. The number of fused-ring (bicyclic) bond motifs is 6. The summed E-state index contributed by atoms with van der Waals surface area (Å²) in [5.74, 6) is 1.69. The van der Waals surface area contributed by atoms with E-state index in [1.807, 2.05) is 6.07 Å². The molecule has 0 saturated carbocycles. The fraction of sp³-hybridized carbons (Fsp3) is 0.154. The quantitative estimate of drug-likeness (QED) is 0.153. The lowest BCUT2D eigenvalue weighted by Gasteiger charge is -2.34. The van der Waals surface area contributed by atoms with Gasteiger partial charge in [0.05, 0.1) is 17.1 Å². The Labute approximate surface area is 335 Å². The molecule has 2 unspecified atom stereocenters. The van der Waals surface area contributed by atoms with Gasteiger partial charge in [0, 0.05) is 45.9 Å². The average Bonchev–Trinajstić information content (AvgIpc) is 3.78. The van der Waals surface area contributed by atoms with Gasteiger partial charge in [-0.25, -0.2) is 9.98 Å². The summed E-state index contributed by atoms with van der Waals surface area (Å²) in [6.45, 7) is 4.38. The first-order valence-corrected chi connectivity index (χ1v) is 20.1. The van der Waals surface area contributed by atoms with E-state index < -0.39 is 0 Å². The smallest absolute Gasteiger partial charge is 0.206 e. The first-order valence-electron chi connectivity index (χ1n) is 20.1. The van der Waals surface area contributed by atoms with E-state index >= 15 is 0 Å². The van der Waals surface area contributed by atoms with Crippen LogP contribution >= 0.6 is 0 Å². The van der Waals surface area contributed by atoms with Crippen LogP contribution in [0.2, 0.25) is 0 Å². The van der Waals surface area contributed by atoms with E-state index in [1.54, 1.807) is 0 Å². The predicted molar refractivity (Wildman–Crippen MR) is 240 cm³/mol. The van der Waals surface area contributed by atoms with Gasteiger partial charge in [0.15, 0.2) is 5.84 Å². The molecule has 0 fully saturated rings. The Morgan fingerprint density at radius 3 is 2.30 bits per heavy atom. The van der Waals surface area contributed by atoms with Crippen LogP contribution in [0, 0.1) is 0 Å². The number of aliphatic imine (C=N–C) groups is 2. The fourth-order valence-electron chi connectivity index (χ4n) is 9.13. The second kappa shape index (κ2) is 14.4. The van der Waals surface area contributed by atoms with Gasteiger partial charge in [-0.1, -0.05) is 140 Å². The molecule has 0 saturated heterocycles. The van der Waals surface area contributed by atoms with Gasteiger partial charge in [-0.05, 0) is 91.3 Å². The molecule has 57 heavy (non-hydrogen) atoms. The van der Waals surface area contributed by atoms with Crippen molar-refractivity contribution in [2.45, 2.75) is 45.4 Å². The van der Waals surface area contributed by atoms with Crippen LogP contribution in [0.1, 0.15) is 61.7 Å². The molecule has 0 radical (unpaired) electrons. The molecule has 0 amide bonds. The van der Waals surface area contributed by atoms with Crippen LogP contribution in [0.5, 0.6) is 0 Å². The number of amidine groups is 2. The fourth-order valence-corrected chi connectivity index (χ4v) is 9.13. The van der Waals surface area contributed by atoms with Crippen molar-refractivity contribution in [2.75, 3.05) is 11.9 Å².